The van der Waals surface area contributed by atoms with Gasteiger partial charge < -0.3 is 9.88 Å². The van der Waals surface area contributed by atoms with Crippen molar-refractivity contribution in [3.8, 4) is 10.6 Å². The lowest BCUT2D eigenvalue weighted by Crippen LogP contribution is -2.39. The van der Waals surface area contributed by atoms with Crippen molar-refractivity contribution in [3.63, 3.8) is 0 Å². The number of aromatic amines is 2. The number of nitrogens with zero attached hydrogens (tertiary/aromatic N) is 3. The topological polar surface area (TPSA) is 77.7 Å². The molecule has 24 heavy (non-hydrogen) atoms. The third kappa shape index (κ3) is 2.87. The first-order valence-electron chi connectivity index (χ1n) is 8.11. The van der Waals surface area contributed by atoms with E-state index in [0.29, 0.717) is 12.2 Å². The highest BCUT2D eigenvalue weighted by molar-refractivity contribution is 7.15. The van der Waals surface area contributed by atoms with Gasteiger partial charge in [-0.2, -0.15) is 5.10 Å². The molecule has 1 fully saturated rings. The molecule has 0 bridgehead atoms. The van der Waals surface area contributed by atoms with Gasteiger partial charge in [-0.15, -0.1) is 11.3 Å². The van der Waals surface area contributed by atoms with Gasteiger partial charge in [-0.05, 0) is 38.0 Å². The number of carbonyl (C=O) groups excluding carboxylic acids is 1. The Morgan fingerprint density at radius 1 is 1.42 bits per heavy atom. The van der Waals surface area contributed by atoms with Gasteiger partial charge in [-0.3, -0.25) is 9.89 Å². The minimum atomic E-state index is -0.0120. The zero-order chi connectivity index (χ0) is 16.5. The van der Waals surface area contributed by atoms with Crippen LogP contribution in [0.15, 0.2) is 30.6 Å². The lowest BCUT2D eigenvalue weighted by molar-refractivity contribution is 0.0699. The maximum Gasteiger partial charge on any atom is 0.274 e. The highest BCUT2D eigenvalue weighted by Gasteiger charge is 2.28. The summed E-state index contributed by atoms with van der Waals surface area (Å²) < 4.78 is 0. The number of rotatable bonds is 3. The molecule has 6 nitrogen and oxygen atoms in total. The average molecular weight is 341 g/mol. The smallest absolute Gasteiger partial charge is 0.274 e. The quantitative estimate of drug-likeness (QED) is 0.768. The Morgan fingerprint density at radius 2 is 2.33 bits per heavy atom. The van der Waals surface area contributed by atoms with Gasteiger partial charge in [0.1, 0.15) is 5.82 Å². The Hall–Kier alpha value is -2.41. The van der Waals surface area contributed by atoms with Crippen LogP contribution in [-0.4, -0.2) is 44.1 Å². The minimum absolute atomic E-state index is 0.0120. The van der Waals surface area contributed by atoms with E-state index in [9.17, 15) is 4.79 Å². The molecule has 0 spiro atoms. The summed E-state index contributed by atoms with van der Waals surface area (Å²) in [5.41, 5.74) is 1.38. The number of carbonyl (C=O) groups is 1. The molecular weight excluding hydrogens is 322 g/mol. The molecule has 1 aliphatic rings. The van der Waals surface area contributed by atoms with Crippen molar-refractivity contribution in [2.24, 2.45) is 0 Å². The standard InChI is InChI=1S/C17H19N5OS/c1-11-4-5-15(24-11)13-9-14(21-20-13)17(23)22-8-2-3-12(10-22)16-18-6-7-19-16/h4-7,9,12H,2-3,8,10H2,1H3,(H,18,19)(H,20,21). The first-order valence-corrected chi connectivity index (χ1v) is 8.93. The van der Waals surface area contributed by atoms with Crippen LogP contribution in [0.5, 0.6) is 0 Å². The fourth-order valence-electron chi connectivity index (χ4n) is 3.18. The van der Waals surface area contributed by atoms with Crippen molar-refractivity contribution < 1.29 is 4.79 Å². The number of hydrogen-bond acceptors (Lipinski definition) is 4. The van der Waals surface area contributed by atoms with E-state index in [2.05, 4.69) is 39.2 Å². The van der Waals surface area contributed by atoms with Gasteiger partial charge in [0.15, 0.2) is 5.69 Å². The monoisotopic (exact) mass is 341 g/mol. The summed E-state index contributed by atoms with van der Waals surface area (Å²) >= 11 is 1.69. The van der Waals surface area contributed by atoms with Gasteiger partial charge in [0.05, 0.1) is 10.6 Å². The largest absolute Gasteiger partial charge is 0.348 e. The summed E-state index contributed by atoms with van der Waals surface area (Å²) in [5, 5.41) is 7.22. The van der Waals surface area contributed by atoms with Crippen LogP contribution in [0.1, 0.15) is 39.9 Å². The SMILES string of the molecule is Cc1ccc(-c2cc(C(=O)N3CCCC(c4ncc[nH]4)C3)n[nH]2)s1. The molecule has 0 aromatic carbocycles. The minimum Gasteiger partial charge on any atom is -0.348 e. The maximum absolute atomic E-state index is 12.8. The normalized spacial score (nSPS) is 18.0. The van der Waals surface area contributed by atoms with E-state index in [-0.39, 0.29) is 11.8 Å². The van der Waals surface area contributed by atoms with E-state index in [0.717, 1.165) is 35.8 Å². The Labute approximate surface area is 143 Å². The van der Waals surface area contributed by atoms with Crippen LogP contribution in [-0.2, 0) is 0 Å². The summed E-state index contributed by atoms with van der Waals surface area (Å²) in [5.74, 6) is 1.22. The predicted octanol–water partition coefficient (Wildman–Crippen LogP) is 3.19. The fraction of sp³-hybridized carbons (Fsp3) is 0.353. The van der Waals surface area contributed by atoms with E-state index in [1.165, 1.54) is 4.88 Å². The second-order valence-corrected chi connectivity index (χ2v) is 7.43. The second kappa shape index (κ2) is 6.24. The van der Waals surface area contributed by atoms with Crippen LogP contribution in [0.25, 0.3) is 10.6 Å². The number of imidazole rings is 1. The van der Waals surface area contributed by atoms with Gasteiger partial charge in [0.2, 0.25) is 0 Å². The van der Waals surface area contributed by atoms with Crippen molar-refractivity contribution in [1.82, 2.24) is 25.1 Å². The second-order valence-electron chi connectivity index (χ2n) is 6.14. The van der Waals surface area contributed by atoms with Gasteiger partial charge in [-0.1, -0.05) is 0 Å². The number of piperidine rings is 1. The number of thiophene rings is 1. The molecule has 4 heterocycles. The number of nitrogens with one attached hydrogen (secondary N) is 2. The summed E-state index contributed by atoms with van der Waals surface area (Å²) in [7, 11) is 0. The highest BCUT2D eigenvalue weighted by atomic mass is 32.1. The van der Waals surface area contributed by atoms with Crippen molar-refractivity contribution in [2.45, 2.75) is 25.7 Å². The highest BCUT2D eigenvalue weighted by Crippen LogP contribution is 2.28. The molecule has 1 atom stereocenters. The molecule has 4 rings (SSSR count). The van der Waals surface area contributed by atoms with Crippen molar-refractivity contribution >= 4 is 17.2 Å². The van der Waals surface area contributed by atoms with E-state index in [1.54, 1.807) is 17.5 Å². The first-order chi connectivity index (χ1) is 11.7. The zero-order valence-electron chi connectivity index (χ0n) is 13.5. The maximum atomic E-state index is 12.8. The Bertz CT molecular complexity index is 835. The van der Waals surface area contributed by atoms with Crippen molar-refractivity contribution in [3.05, 3.63) is 47.0 Å². The molecule has 0 radical (unpaired) electrons. The van der Waals surface area contributed by atoms with E-state index in [1.807, 2.05) is 17.2 Å². The van der Waals surface area contributed by atoms with E-state index in [4.69, 9.17) is 0 Å². The van der Waals surface area contributed by atoms with Crippen LogP contribution < -0.4 is 0 Å². The van der Waals surface area contributed by atoms with Crippen LogP contribution in [0.3, 0.4) is 0 Å². The Morgan fingerprint density at radius 3 is 3.08 bits per heavy atom. The molecule has 1 unspecified atom stereocenters. The summed E-state index contributed by atoms with van der Waals surface area (Å²) in [6.45, 7) is 3.53. The zero-order valence-corrected chi connectivity index (χ0v) is 14.3. The van der Waals surface area contributed by atoms with Gasteiger partial charge in [-0.25, -0.2) is 4.98 Å². The van der Waals surface area contributed by atoms with Crippen molar-refractivity contribution in [1.29, 1.82) is 0 Å². The molecule has 1 saturated heterocycles. The number of amides is 1. The first kappa shape index (κ1) is 15.1. The lowest BCUT2D eigenvalue weighted by atomic mass is 9.97. The fourth-order valence-corrected chi connectivity index (χ4v) is 4.02. The molecule has 3 aromatic heterocycles. The summed E-state index contributed by atoms with van der Waals surface area (Å²) in [6, 6.07) is 5.97. The number of H-pyrrole nitrogens is 2. The molecular formula is C17H19N5OS. The van der Waals surface area contributed by atoms with Gasteiger partial charge >= 0.3 is 0 Å². The molecule has 0 saturated carbocycles. The van der Waals surface area contributed by atoms with E-state index < -0.39 is 0 Å². The third-order valence-corrected chi connectivity index (χ3v) is 5.45. The molecule has 124 valence electrons. The summed E-state index contributed by atoms with van der Waals surface area (Å²) in [4.78, 5) is 24.5. The molecule has 1 amide bonds. The van der Waals surface area contributed by atoms with E-state index >= 15 is 0 Å². The van der Waals surface area contributed by atoms with Crippen molar-refractivity contribution in [2.75, 3.05) is 13.1 Å². The molecule has 2 N–H and O–H groups in total. The molecule has 0 aliphatic carbocycles. The van der Waals surface area contributed by atoms with Crippen LogP contribution in [0, 0.1) is 6.92 Å². The molecule has 7 heteroatoms. The third-order valence-electron chi connectivity index (χ3n) is 4.42. The Balaban J connectivity index is 1.50. The predicted molar refractivity (Wildman–Crippen MR) is 93.1 cm³/mol. The molecule has 3 aromatic rings. The van der Waals surface area contributed by atoms with Crippen LogP contribution in [0.2, 0.25) is 0 Å². The number of likely N-dealkylation sites (tertiary alicyclic amines) is 1. The Kier molecular flexibility index (Phi) is 3.93. The lowest BCUT2D eigenvalue weighted by Gasteiger charge is -2.31. The summed E-state index contributed by atoms with van der Waals surface area (Å²) in [6.07, 6.45) is 5.63. The van der Waals surface area contributed by atoms with Gasteiger partial charge in [0.25, 0.3) is 5.91 Å². The number of aromatic nitrogens is 4. The van der Waals surface area contributed by atoms with Crippen LogP contribution in [0.4, 0.5) is 0 Å². The van der Waals surface area contributed by atoms with Gasteiger partial charge in [0, 0.05) is 36.3 Å². The average Bonchev–Trinajstić information content (AvgIpc) is 3.35. The molecule has 1 aliphatic heterocycles. The number of hydrogen-bond donors (Lipinski definition) is 2. The number of aryl methyl sites for hydroxylation is 1. The van der Waals surface area contributed by atoms with Crippen LogP contribution >= 0.6 is 11.3 Å².